The lowest BCUT2D eigenvalue weighted by molar-refractivity contribution is -0.375. The SMILES string of the molecule is C[C@H](O)[C@]1(O)CC[C@@]2(O)[C@]1(C)[C@H](OC(=O)/C=C/C=C/c1ccccc1)C[C@@H]1[C@@]3(C)CC[C@H](O[C@H]4C[C@H](O)[C@H](O)[C@@H](C)O4)C[C@]3(O)[C@H](O)C[C@]12O. The van der Waals surface area contributed by atoms with Crippen LogP contribution in [0.15, 0.2) is 48.6 Å². The smallest absolute Gasteiger partial charge is 0.331 e. The second-order valence-corrected chi connectivity index (χ2v) is 16.1. The Morgan fingerprint density at radius 1 is 0.960 bits per heavy atom. The van der Waals surface area contributed by atoms with E-state index in [1.165, 1.54) is 26.0 Å². The van der Waals surface area contributed by atoms with Crippen molar-refractivity contribution in [1.29, 1.82) is 0 Å². The van der Waals surface area contributed by atoms with Crippen molar-refractivity contribution in [1.82, 2.24) is 0 Å². The standard InChI is InChI=1S/C38H54O12/c1-22-32(43)26(40)18-31(48-22)49-25-14-15-33(3)27-19-29(50-30(42)13-9-8-12-24-10-6-5-7-11-24)34(4)35(44,23(2)39)16-17-38(34,47)36(27,45)21-28(41)37(33,46)20-25/h5-13,22-23,25-29,31-32,39-41,43-47H,14-21H2,1-4H3/b12-8+,13-9+/t22-,23+,25+,26+,27-,28-,29-,31+,32-,33-,34-,35-,36+,37+,38-/m1/s1. The fourth-order valence-corrected chi connectivity index (χ4v) is 10.6. The highest BCUT2D eigenvalue weighted by atomic mass is 16.7. The van der Waals surface area contributed by atoms with E-state index >= 15 is 0 Å². The second kappa shape index (κ2) is 13.0. The number of esters is 1. The summed E-state index contributed by atoms with van der Waals surface area (Å²) in [6.45, 7) is 6.31. The maximum absolute atomic E-state index is 13.4. The molecule has 1 aromatic carbocycles. The minimum atomic E-state index is -2.14. The summed E-state index contributed by atoms with van der Waals surface area (Å²) in [7, 11) is 0. The van der Waals surface area contributed by atoms with E-state index < -0.39 is 101 Å². The number of hydrogen-bond acceptors (Lipinski definition) is 12. The van der Waals surface area contributed by atoms with Crippen LogP contribution in [0, 0.1) is 16.7 Å². The highest BCUT2D eigenvalue weighted by Crippen LogP contribution is 2.72. The average Bonchev–Trinajstić information content (AvgIpc) is 3.29. The van der Waals surface area contributed by atoms with Gasteiger partial charge in [0.25, 0.3) is 0 Å². The fourth-order valence-electron chi connectivity index (χ4n) is 10.6. The monoisotopic (exact) mass is 702 g/mol. The Bertz CT molecular complexity index is 1460. The molecular weight excluding hydrogens is 648 g/mol. The van der Waals surface area contributed by atoms with E-state index in [0.29, 0.717) is 6.42 Å². The van der Waals surface area contributed by atoms with Crippen molar-refractivity contribution in [2.24, 2.45) is 16.7 Å². The van der Waals surface area contributed by atoms with Crippen molar-refractivity contribution in [3.63, 3.8) is 0 Å². The first-order valence-corrected chi connectivity index (χ1v) is 17.9. The summed E-state index contributed by atoms with van der Waals surface area (Å²) < 4.78 is 18.0. The normalized spacial score (nSPS) is 49.7. The van der Waals surface area contributed by atoms with Crippen LogP contribution >= 0.6 is 0 Å². The zero-order valence-corrected chi connectivity index (χ0v) is 29.3. The third-order valence-corrected chi connectivity index (χ3v) is 13.8. The van der Waals surface area contributed by atoms with E-state index in [0.717, 1.165) is 5.56 Å². The van der Waals surface area contributed by atoms with E-state index in [1.54, 1.807) is 19.9 Å². The van der Waals surface area contributed by atoms with Gasteiger partial charge < -0.3 is 55.1 Å². The van der Waals surface area contributed by atoms with E-state index in [9.17, 15) is 45.6 Å². The number of carbonyl (C=O) groups is 1. The Morgan fingerprint density at radius 3 is 2.32 bits per heavy atom. The number of fused-ring (bicyclic) bond motifs is 5. The molecule has 0 radical (unpaired) electrons. The van der Waals surface area contributed by atoms with Gasteiger partial charge in [-0.3, -0.25) is 0 Å². The summed E-state index contributed by atoms with van der Waals surface area (Å²) in [5, 5.41) is 93.1. The van der Waals surface area contributed by atoms with Crippen molar-refractivity contribution >= 4 is 12.0 Å². The predicted octanol–water partition coefficient (Wildman–Crippen LogP) is 1.49. The molecular formula is C38H54O12. The molecule has 12 nitrogen and oxygen atoms in total. The molecule has 1 aromatic rings. The Balaban J connectivity index is 1.30. The highest BCUT2D eigenvalue weighted by molar-refractivity contribution is 5.82. The van der Waals surface area contributed by atoms with Crippen LogP contribution in [0.4, 0.5) is 0 Å². The second-order valence-electron chi connectivity index (χ2n) is 16.1. The lowest BCUT2D eigenvalue weighted by Gasteiger charge is -2.71. The first-order chi connectivity index (χ1) is 23.4. The van der Waals surface area contributed by atoms with E-state index in [-0.39, 0.29) is 38.5 Å². The first kappa shape index (κ1) is 37.5. The summed E-state index contributed by atoms with van der Waals surface area (Å²) in [6, 6.07) is 9.50. The molecule has 0 amide bonds. The number of benzene rings is 1. The molecule has 0 spiro atoms. The Hall–Kier alpha value is -2.23. The van der Waals surface area contributed by atoms with Gasteiger partial charge >= 0.3 is 5.97 Å². The lowest BCUT2D eigenvalue weighted by Crippen LogP contribution is -2.83. The molecule has 5 aliphatic rings. The molecule has 1 heterocycles. The third-order valence-electron chi connectivity index (χ3n) is 13.8. The van der Waals surface area contributed by atoms with Gasteiger partial charge in [0.15, 0.2) is 6.29 Å². The molecule has 4 saturated carbocycles. The zero-order valence-electron chi connectivity index (χ0n) is 29.3. The van der Waals surface area contributed by atoms with Crippen molar-refractivity contribution in [2.45, 2.75) is 150 Å². The summed E-state index contributed by atoms with van der Waals surface area (Å²) >= 11 is 0. The number of carbonyl (C=O) groups excluding carboxylic acids is 1. The van der Waals surface area contributed by atoms with E-state index in [1.807, 2.05) is 36.4 Å². The minimum Gasteiger partial charge on any atom is -0.458 e. The summed E-state index contributed by atoms with van der Waals surface area (Å²) in [5.74, 6) is -1.66. The summed E-state index contributed by atoms with van der Waals surface area (Å²) in [6.07, 6.45) is -2.23. The number of rotatable bonds is 7. The molecule has 12 heteroatoms. The van der Waals surface area contributed by atoms with Crippen molar-refractivity contribution in [3.8, 4) is 0 Å². The molecule has 6 rings (SSSR count). The zero-order chi connectivity index (χ0) is 36.5. The number of hydrogen-bond donors (Lipinski definition) is 8. The number of allylic oxidation sites excluding steroid dienone is 2. The highest BCUT2D eigenvalue weighted by Gasteiger charge is 2.83. The molecule has 50 heavy (non-hydrogen) atoms. The molecule has 4 aliphatic carbocycles. The van der Waals surface area contributed by atoms with E-state index in [4.69, 9.17) is 14.2 Å². The minimum absolute atomic E-state index is 0.0317. The fraction of sp³-hybridized carbons (Fsp3) is 0.711. The van der Waals surface area contributed by atoms with Crippen LogP contribution in [0.1, 0.15) is 84.6 Å². The quantitative estimate of drug-likeness (QED) is 0.0881. The molecule has 8 N–H and O–H groups in total. The maximum Gasteiger partial charge on any atom is 0.331 e. The number of aliphatic hydroxyl groups is 8. The molecule has 278 valence electrons. The van der Waals surface area contributed by atoms with Crippen LogP contribution in [0.3, 0.4) is 0 Å². The van der Waals surface area contributed by atoms with Crippen molar-refractivity contribution < 1.29 is 59.9 Å². The van der Waals surface area contributed by atoms with Gasteiger partial charge in [-0.15, -0.1) is 0 Å². The average molecular weight is 703 g/mol. The van der Waals surface area contributed by atoms with Gasteiger partial charge in [0.1, 0.15) is 29.0 Å². The van der Waals surface area contributed by atoms with Gasteiger partial charge in [0.2, 0.25) is 0 Å². The Morgan fingerprint density at radius 2 is 1.66 bits per heavy atom. The number of ether oxygens (including phenoxy) is 3. The van der Waals surface area contributed by atoms with Crippen molar-refractivity contribution in [3.05, 3.63) is 54.1 Å². The predicted molar refractivity (Wildman–Crippen MR) is 180 cm³/mol. The van der Waals surface area contributed by atoms with Gasteiger partial charge in [-0.1, -0.05) is 62.4 Å². The van der Waals surface area contributed by atoms with Crippen LogP contribution < -0.4 is 0 Å². The Kier molecular flexibility index (Phi) is 9.77. The van der Waals surface area contributed by atoms with Gasteiger partial charge in [-0.2, -0.15) is 0 Å². The molecule has 1 aliphatic heterocycles. The van der Waals surface area contributed by atoms with Gasteiger partial charge in [0.05, 0.1) is 41.5 Å². The maximum atomic E-state index is 13.4. The summed E-state index contributed by atoms with van der Waals surface area (Å²) in [4.78, 5) is 13.4. The molecule has 0 bridgehead atoms. The molecule has 5 fully saturated rings. The molecule has 0 unspecified atom stereocenters. The van der Waals surface area contributed by atoms with Crippen molar-refractivity contribution in [2.75, 3.05) is 0 Å². The molecule has 1 saturated heterocycles. The largest absolute Gasteiger partial charge is 0.458 e. The van der Waals surface area contributed by atoms with Gasteiger partial charge in [-0.05, 0) is 51.5 Å². The first-order valence-electron chi connectivity index (χ1n) is 17.9. The van der Waals surface area contributed by atoms with Crippen LogP contribution in [0.2, 0.25) is 0 Å². The molecule has 15 atom stereocenters. The van der Waals surface area contributed by atoms with Crippen LogP contribution in [-0.4, -0.2) is 118 Å². The lowest BCUT2D eigenvalue weighted by atomic mass is 9.38. The number of aliphatic hydroxyl groups excluding tert-OH is 4. The van der Waals surface area contributed by atoms with Crippen LogP contribution in [0.25, 0.3) is 6.08 Å². The van der Waals surface area contributed by atoms with Gasteiger partial charge in [0, 0.05) is 36.7 Å². The topological polar surface area (TPSA) is 207 Å². The summed E-state index contributed by atoms with van der Waals surface area (Å²) in [5.41, 5.74) is -10.0. The molecule has 0 aromatic heterocycles. The van der Waals surface area contributed by atoms with Crippen LogP contribution in [-0.2, 0) is 19.0 Å². The Labute approximate surface area is 293 Å². The third kappa shape index (κ3) is 5.45. The van der Waals surface area contributed by atoms with E-state index in [2.05, 4.69) is 0 Å². The van der Waals surface area contributed by atoms with Crippen LogP contribution in [0.5, 0.6) is 0 Å². The van der Waals surface area contributed by atoms with Gasteiger partial charge in [-0.25, -0.2) is 4.79 Å².